The fourth-order valence-corrected chi connectivity index (χ4v) is 1.93. The van der Waals surface area contributed by atoms with E-state index in [-0.39, 0.29) is 17.6 Å². The number of aromatic nitrogens is 3. The van der Waals surface area contributed by atoms with Gasteiger partial charge in [-0.05, 0) is 37.6 Å². The maximum absolute atomic E-state index is 11.9. The van der Waals surface area contributed by atoms with Crippen LogP contribution in [-0.2, 0) is 14.3 Å². The molecule has 1 atom stereocenters. The second kappa shape index (κ2) is 10.0. The number of methoxy groups -OCH3 is 1. The third kappa shape index (κ3) is 6.08. The molecule has 0 saturated carbocycles. The normalized spacial score (nSPS) is 11.3. The molecule has 0 bridgehead atoms. The third-order valence-electron chi connectivity index (χ3n) is 3.67. The van der Waals surface area contributed by atoms with E-state index in [0.717, 1.165) is 6.42 Å². The lowest BCUT2D eigenvalue weighted by molar-refractivity contribution is -0.144. The van der Waals surface area contributed by atoms with Crippen molar-refractivity contribution in [2.75, 3.05) is 31.4 Å². The number of hydrogen-bond donors (Lipinski definition) is 2. The molecule has 0 aliphatic carbocycles. The van der Waals surface area contributed by atoms with E-state index in [1.165, 1.54) is 19.2 Å². The minimum atomic E-state index is -0.644. The van der Waals surface area contributed by atoms with Crippen LogP contribution >= 0.6 is 0 Å². The number of carbonyl (C=O) groups is 2. The number of carbonyl (C=O) groups excluding carboxylic acids is 2. The van der Waals surface area contributed by atoms with Crippen LogP contribution in [0.5, 0.6) is 11.8 Å². The summed E-state index contributed by atoms with van der Waals surface area (Å²) < 4.78 is 14.9. The van der Waals surface area contributed by atoms with Crippen LogP contribution < -0.4 is 15.4 Å². The molecule has 1 aromatic carbocycles. The lowest BCUT2D eigenvalue weighted by atomic mass is 10.2. The average Bonchev–Trinajstić information content (AvgIpc) is 2.71. The first kappa shape index (κ1) is 20.9. The van der Waals surface area contributed by atoms with E-state index < -0.39 is 18.5 Å². The maximum Gasteiger partial charge on any atom is 0.344 e. The van der Waals surface area contributed by atoms with E-state index >= 15 is 0 Å². The Kier molecular flexibility index (Phi) is 7.49. The van der Waals surface area contributed by atoms with Crippen molar-refractivity contribution in [1.82, 2.24) is 15.0 Å². The van der Waals surface area contributed by atoms with Gasteiger partial charge in [0.05, 0.1) is 12.7 Å². The molecular weight excluding hydrogens is 366 g/mol. The molecule has 0 fully saturated rings. The Bertz CT molecular complexity index is 813. The monoisotopic (exact) mass is 389 g/mol. The van der Waals surface area contributed by atoms with Gasteiger partial charge in [0.25, 0.3) is 0 Å². The minimum Gasteiger partial charge on any atom is -0.466 e. The topological polar surface area (TPSA) is 125 Å². The molecule has 2 aromatic rings. The van der Waals surface area contributed by atoms with Crippen LogP contribution in [0.4, 0.5) is 11.9 Å². The Morgan fingerprint density at radius 1 is 1.11 bits per heavy atom. The van der Waals surface area contributed by atoms with Gasteiger partial charge in [-0.2, -0.15) is 15.0 Å². The van der Waals surface area contributed by atoms with E-state index in [1.807, 2.05) is 13.8 Å². The molecule has 0 saturated heterocycles. The van der Waals surface area contributed by atoms with Crippen LogP contribution in [0.25, 0.3) is 0 Å². The molecule has 1 aromatic heterocycles. The lowest BCUT2D eigenvalue weighted by Gasteiger charge is -2.13. The van der Waals surface area contributed by atoms with E-state index in [9.17, 15) is 9.59 Å². The Balaban J connectivity index is 2.07. The molecule has 0 spiro atoms. The molecule has 0 aliphatic rings. The molecule has 0 aliphatic heterocycles. The SMILES string of the molecule is CCC(C)Nc1nc(NC)nc(Oc2ccc(C(=O)OCC(=O)OC)cc2)n1. The van der Waals surface area contributed by atoms with Crippen molar-refractivity contribution in [1.29, 1.82) is 0 Å². The van der Waals surface area contributed by atoms with E-state index in [1.54, 1.807) is 19.2 Å². The fourth-order valence-electron chi connectivity index (χ4n) is 1.93. The van der Waals surface area contributed by atoms with Crippen molar-refractivity contribution in [3.05, 3.63) is 29.8 Å². The van der Waals surface area contributed by atoms with Gasteiger partial charge in [-0.25, -0.2) is 9.59 Å². The molecule has 2 rings (SSSR count). The summed E-state index contributed by atoms with van der Waals surface area (Å²) in [7, 11) is 2.91. The van der Waals surface area contributed by atoms with Crippen LogP contribution in [0.1, 0.15) is 30.6 Å². The van der Waals surface area contributed by atoms with E-state index in [4.69, 9.17) is 9.47 Å². The molecule has 0 amide bonds. The number of hydrogen-bond acceptors (Lipinski definition) is 10. The highest BCUT2D eigenvalue weighted by molar-refractivity contribution is 5.90. The van der Waals surface area contributed by atoms with Crippen LogP contribution in [-0.4, -0.2) is 53.7 Å². The maximum atomic E-state index is 11.9. The van der Waals surface area contributed by atoms with Gasteiger partial charge in [-0.3, -0.25) is 0 Å². The zero-order valence-electron chi connectivity index (χ0n) is 16.2. The summed E-state index contributed by atoms with van der Waals surface area (Å²) in [5, 5.41) is 6.02. The molecule has 1 heterocycles. The number of nitrogens with one attached hydrogen (secondary N) is 2. The number of rotatable bonds is 9. The lowest BCUT2D eigenvalue weighted by Crippen LogP contribution is -2.17. The van der Waals surface area contributed by atoms with Gasteiger partial charge in [0.15, 0.2) is 6.61 Å². The zero-order valence-corrected chi connectivity index (χ0v) is 16.2. The molecule has 10 heteroatoms. The van der Waals surface area contributed by atoms with Gasteiger partial charge in [0.2, 0.25) is 11.9 Å². The van der Waals surface area contributed by atoms with Gasteiger partial charge < -0.3 is 24.8 Å². The Labute approximate surface area is 162 Å². The Hall–Kier alpha value is -3.43. The number of anilines is 2. The molecule has 10 nitrogen and oxygen atoms in total. The first-order chi connectivity index (χ1) is 13.4. The summed E-state index contributed by atoms with van der Waals surface area (Å²) in [5.74, 6) is -0.0994. The Morgan fingerprint density at radius 2 is 1.79 bits per heavy atom. The van der Waals surface area contributed by atoms with Crippen LogP contribution in [0, 0.1) is 0 Å². The van der Waals surface area contributed by atoms with Gasteiger partial charge in [0, 0.05) is 13.1 Å². The number of nitrogens with zero attached hydrogens (tertiary/aromatic N) is 3. The van der Waals surface area contributed by atoms with Crippen molar-refractivity contribution in [3.63, 3.8) is 0 Å². The van der Waals surface area contributed by atoms with Crippen molar-refractivity contribution in [2.45, 2.75) is 26.3 Å². The molecule has 28 heavy (non-hydrogen) atoms. The quantitative estimate of drug-likeness (QED) is 0.617. The van der Waals surface area contributed by atoms with Gasteiger partial charge >= 0.3 is 17.9 Å². The van der Waals surface area contributed by atoms with Gasteiger partial charge in [-0.15, -0.1) is 0 Å². The van der Waals surface area contributed by atoms with Gasteiger partial charge in [0.1, 0.15) is 5.75 Å². The van der Waals surface area contributed by atoms with Crippen molar-refractivity contribution in [3.8, 4) is 11.8 Å². The summed E-state index contributed by atoms with van der Waals surface area (Å²) in [6.07, 6.45) is 0.907. The number of esters is 2. The summed E-state index contributed by atoms with van der Waals surface area (Å²) in [5.41, 5.74) is 0.266. The predicted molar refractivity (Wildman–Crippen MR) is 102 cm³/mol. The summed E-state index contributed by atoms with van der Waals surface area (Å²) in [6, 6.07) is 6.45. The second-order valence-electron chi connectivity index (χ2n) is 5.75. The fraction of sp³-hybridized carbons (Fsp3) is 0.389. The minimum absolute atomic E-state index is 0.103. The van der Waals surface area contributed by atoms with Crippen molar-refractivity contribution in [2.24, 2.45) is 0 Å². The van der Waals surface area contributed by atoms with Crippen LogP contribution in [0.15, 0.2) is 24.3 Å². The van der Waals surface area contributed by atoms with Crippen LogP contribution in [0.3, 0.4) is 0 Å². The standard InChI is InChI=1S/C18H23N5O5/c1-5-11(2)20-17-21-16(19-3)22-18(23-17)28-13-8-6-12(7-9-13)15(25)27-10-14(24)26-4/h6-9,11H,5,10H2,1-4H3,(H2,19,20,21,22,23). The van der Waals surface area contributed by atoms with Crippen molar-refractivity contribution < 1.29 is 23.8 Å². The predicted octanol–water partition coefficient (Wildman–Crippen LogP) is 2.25. The smallest absolute Gasteiger partial charge is 0.344 e. The summed E-state index contributed by atoms with van der Waals surface area (Å²) in [6.45, 7) is 3.62. The molecular formula is C18H23N5O5. The van der Waals surface area contributed by atoms with Crippen LogP contribution in [0.2, 0.25) is 0 Å². The molecule has 150 valence electrons. The first-order valence-electron chi connectivity index (χ1n) is 8.67. The number of ether oxygens (including phenoxy) is 3. The number of benzene rings is 1. The molecule has 2 N–H and O–H groups in total. The van der Waals surface area contributed by atoms with Crippen molar-refractivity contribution >= 4 is 23.8 Å². The zero-order chi connectivity index (χ0) is 20.5. The average molecular weight is 389 g/mol. The first-order valence-corrected chi connectivity index (χ1v) is 8.67. The largest absolute Gasteiger partial charge is 0.466 e. The highest BCUT2D eigenvalue weighted by Crippen LogP contribution is 2.21. The van der Waals surface area contributed by atoms with Gasteiger partial charge in [-0.1, -0.05) is 6.92 Å². The molecule has 1 unspecified atom stereocenters. The summed E-state index contributed by atoms with van der Waals surface area (Å²) >= 11 is 0. The highest BCUT2D eigenvalue weighted by Gasteiger charge is 2.12. The summed E-state index contributed by atoms with van der Waals surface area (Å²) in [4.78, 5) is 35.5. The van der Waals surface area contributed by atoms with E-state index in [0.29, 0.717) is 17.6 Å². The third-order valence-corrected chi connectivity index (χ3v) is 3.67. The Morgan fingerprint density at radius 3 is 2.39 bits per heavy atom. The molecule has 0 radical (unpaired) electrons. The second-order valence-corrected chi connectivity index (χ2v) is 5.75. The van der Waals surface area contributed by atoms with E-state index in [2.05, 4.69) is 30.3 Å². The highest BCUT2D eigenvalue weighted by atomic mass is 16.6.